The number of rotatable bonds is 9. The van der Waals surface area contributed by atoms with Crippen molar-refractivity contribution < 1.29 is 36.6 Å². The monoisotopic (exact) mass is 747 g/mol. The number of fused-ring (bicyclic) bond motifs is 1. The zero-order valence-electron chi connectivity index (χ0n) is 26.9. The fraction of sp³-hybridized carbons (Fsp3) is 0.143. The molecule has 0 spiro atoms. The molecule has 2 aromatic heterocycles. The Bertz CT molecular complexity index is 2290. The second-order valence-corrected chi connectivity index (χ2v) is 13.3. The Hall–Kier alpha value is -5.65. The minimum Gasteiger partial charge on any atom is -0.406 e. The fourth-order valence-electron chi connectivity index (χ4n) is 5.22. The van der Waals surface area contributed by atoms with Crippen molar-refractivity contribution in [1.29, 1.82) is 0 Å². The van der Waals surface area contributed by atoms with Crippen LogP contribution in [0.15, 0.2) is 96.2 Å². The number of halogens is 4. The third-order valence-corrected chi connectivity index (χ3v) is 9.49. The number of urea groups is 1. The number of alkyl halides is 3. The van der Waals surface area contributed by atoms with Crippen molar-refractivity contribution >= 4 is 61.8 Å². The van der Waals surface area contributed by atoms with Crippen LogP contribution in [0.2, 0.25) is 0 Å². The molecule has 17 heteroatoms. The lowest BCUT2D eigenvalue weighted by Crippen LogP contribution is -2.31. The maximum absolute atomic E-state index is 15.2. The molecule has 1 saturated heterocycles. The first-order valence-electron chi connectivity index (χ1n) is 15.4. The SMILES string of the molecule is Cc1ccc(COCc2nc3ccccc3s2)c(N2C(=O)CS/C2=N\C(=O)Nc2ccc(-c3ncn(-c4ccc(OC(F)(F)F)cc4)n3)cc2F)c1. The van der Waals surface area contributed by atoms with E-state index in [2.05, 4.69) is 30.1 Å². The quantitative estimate of drug-likeness (QED) is 0.147. The topological polar surface area (TPSA) is 124 Å². The molecule has 0 saturated carbocycles. The average Bonchev–Trinajstić information content (AvgIpc) is 3.85. The number of thiazole rings is 1. The summed E-state index contributed by atoms with van der Waals surface area (Å²) < 4.78 is 64.8. The number of carbonyl (C=O) groups is 2. The average molecular weight is 748 g/mol. The number of aliphatic imine (C=N–C) groups is 1. The number of para-hydroxylation sites is 1. The van der Waals surface area contributed by atoms with Crippen LogP contribution in [0.3, 0.4) is 0 Å². The van der Waals surface area contributed by atoms with E-state index in [0.717, 1.165) is 50.7 Å². The van der Waals surface area contributed by atoms with E-state index >= 15 is 4.39 Å². The first-order chi connectivity index (χ1) is 25.0. The maximum atomic E-state index is 15.2. The van der Waals surface area contributed by atoms with Crippen molar-refractivity contribution in [3.8, 4) is 22.8 Å². The molecule has 1 N–H and O–H groups in total. The van der Waals surface area contributed by atoms with Crippen LogP contribution in [-0.2, 0) is 22.7 Å². The number of hydrogen-bond acceptors (Lipinski definition) is 9. The lowest BCUT2D eigenvalue weighted by atomic mass is 10.1. The third-order valence-electron chi connectivity index (χ3n) is 7.56. The van der Waals surface area contributed by atoms with E-state index in [-0.39, 0.29) is 47.1 Å². The molecule has 0 bridgehead atoms. The van der Waals surface area contributed by atoms with E-state index in [9.17, 15) is 22.8 Å². The molecule has 0 unspecified atom stereocenters. The molecule has 7 rings (SSSR count). The van der Waals surface area contributed by atoms with Gasteiger partial charge in [0.15, 0.2) is 11.0 Å². The highest BCUT2D eigenvalue weighted by Crippen LogP contribution is 2.32. The molecule has 1 aliphatic heterocycles. The smallest absolute Gasteiger partial charge is 0.406 e. The van der Waals surface area contributed by atoms with Crippen LogP contribution in [0.1, 0.15) is 16.1 Å². The second kappa shape index (κ2) is 14.5. The van der Waals surface area contributed by atoms with Crippen LogP contribution >= 0.6 is 23.1 Å². The number of benzene rings is 4. The van der Waals surface area contributed by atoms with Crippen molar-refractivity contribution in [2.24, 2.45) is 4.99 Å². The third kappa shape index (κ3) is 7.96. The minimum absolute atomic E-state index is 0.0558. The molecule has 0 aliphatic carbocycles. The molecule has 1 fully saturated rings. The Balaban J connectivity index is 1.03. The van der Waals surface area contributed by atoms with Gasteiger partial charge in [-0.2, -0.15) is 4.99 Å². The first-order valence-corrected chi connectivity index (χ1v) is 17.2. The number of nitrogens with one attached hydrogen (secondary N) is 1. The van der Waals surface area contributed by atoms with Gasteiger partial charge in [-0.25, -0.2) is 23.8 Å². The lowest BCUT2D eigenvalue weighted by Gasteiger charge is -2.20. The van der Waals surface area contributed by atoms with Gasteiger partial charge in [0.25, 0.3) is 0 Å². The van der Waals surface area contributed by atoms with Gasteiger partial charge in [0.1, 0.15) is 22.9 Å². The van der Waals surface area contributed by atoms with E-state index in [0.29, 0.717) is 16.9 Å². The van der Waals surface area contributed by atoms with E-state index in [4.69, 9.17) is 4.74 Å². The van der Waals surface area contributed by atoms with E-state index in [1.165, 1.54) is 40.2 Å². The largest absolute Gasteiger partial charge is 0.573 e. The molecule has 0 atom stereocenters. The van der Waals surface area contributed by atoms with Crippen LogP contribution < -0.4 is 15.0 Å². The highest BCUT2D eigenvalue weighted by Gasteiger charge is 2.33. The van der Waals surface area contributed by atoms with E-state index in [1.807, 2.05) is 49.4 Å². The highest BCUT2D eigenvalue weighted by atomic mass is 32.2. The number of ether oxygens (including phenoxy) is 2. The summed E-state index contributed by atoms with van der Waals surface area (Å²) in [6.07, 6.45) is -3.50. The summed E-state index contributed by atoms with van der Waals surface area (Å²) >= 11 is 2.63. The summed E-state index contributed by atoms with van der Waals surface area (Å²) in [5.74, 6) is -1.28. The van der Waals surface area contributed by atoms with Gasteiger partial charge in [-0.05, 0) is 73.2 Å². The van der Waals surface area contributed by atoms with Gasteiger partial charge in [0, 0.05) is 11.1 Å². The number of carbonyl (C=O) groups excluding carboxylic acids is 2. The van der Waals surface area contributed by atoms with Crippen LogP contribution in [0.5, 0.6) is 5.75 Å². The summed E-state index contributed by atoms with van der Waals surface area (Å²) in [5.41, 5.74) is 3.52. The number of amidine groups is 1. The Kier molecular flexibility index (Phi) is 9.72. The fourth-order valence-corrected chi connectivity index (χ4v) is 6.99. The first kappa shape index (κ1) is 34.8. The van der Waals surface area contributed by atoms with Crippen molar-refractivity contribution in [1.82, 2.24) is 19.7 Å². The molecule has 52 heavy (non-hydrogen) atoms. The molecular formula is C35H25F4N7O4S2. The van der Waals surface area contributed by atoms with Crippen molar-refractivity contribution in [2.75, 3.05) is 16.0 Å². The number of nitrogens with zero attached hydrogens (tertiary/aromatic N) is 6. The summed E-state index contributed by atoms with van der Waals surface area (Å²) in [6, 6.07) is 21.4. The molecule has 4 aromatic carbocycles. The zero-order chi connectivity index (χ0) is 36.4. The van der Waals surface area contributed by atoms with Gasteiger partial charge in [0.2, 0.25) is 5.91 Å². The summed E-state index contributed by atoms with van der Waals surface area (Å²) in [7, 11) is 0. The van der Waals surface area contributed by atoms with Gasteiger partial charge in [0.05, 0.1) is 46.2 Å². The lowest BCUT2D eigenvalue weighted by molar-refractivity contribution is -0.274. The van der Waals surface area contributed by atoms with Crippen molar-refractivity contribution in [3.05, 3.63) is 113 Å². The molecule has 11 nitrogen and oxygen atoms in total. The van der Waals surface area contributed by atoms with Crippen molar-refractivity contribution in [2.45, 2.75) is 26.5 Å². The Morgan fingerprint density at radius 3 is 2.60 bits per heavy atom. The van der Waals surface area contributed by atoms with Gasteiger partial charge < -0.3 is 14.8 Å². The predicted molar refractivity (Wildman–Crippen MR) is 189 cm³/mol. The van der Waals surface area contributed by atoms with E-state index in [1.54, 1.807) is 11.3 Å². The number of anilines is 2. The van der Waals surface area contributed by atoms with E-state index < -0.39 is 24.0 Å². The molecule has 1 aliphatic rings. The number of amides is 3. The summed E-state index contributed by atoms with van der Waals surface area (Å²) in [4.78, 5) is 40.3. The van der Waals surface area contributed by atoms with Crippen LogP contribution in [-0.4, -0.2) is 49.0 Å². The Labute approximate surface area is 300 Å². The van der Waals surface area contributed by atoms with Crippen LogP contribution in [0, 0.1) is 12.7 Å². The standard InChI is InChI=1S/C35H25F4N7O4S2/c1-20-6-7-22(16-49-17-30-41-27-4-2-3-5-29(27)52-30)28(14-20)46-31(47)18-51-34(46)43-33(48)42-26-13-8-21(15-25(26)36)32-40-19-45(44-32)23-9-11-24(12-10-23)50-35(37,38)39/h2-15,19H,16-18H2,1H3,(H,42,48)/b43-34-. The molecule has 3 heterocycles. The molecular weight excluding hydrogens is 723 g/mol. The number of hydrogen-bond donors (Lipinski definition) is 1. The minimum atomic E-state index is -4.82. The normalized spacial score (nSPS) is 14.1. The number of thioether (sulfide) groups is 1. The van der Waals surface area contributed by atoms with Gasteiger partial charge in [-0.15, -0.1) is 29.6 Å². The summed E-state index contributed by atoms with van der Waals surface area (Å²) in [6.45, 7) is 2.33. The highest BCUT2D eigenvalue weighted by molar-refractivity contribution is 8.15. The Morgan fingerprint density at radius 1 is 1.02 bits per heavy atom. The zero-order valence-corrected chi connectivity index (χ0v) is 28.6. The number of aryl methyl sites for hydroxylation is 1. The van der Waals surface area contributed by atoms with Crippen LogP contribution in [0.4, 0.5) is 33.7 Å². The van der Waals surface area contributed by atoms with Gasteiger partial charge in [-0.1, -0.05) is 36.0 Å². The molecule has 6 aromatic rings. The summed E-state index contributed by atoms with van der Waals surface area (Å²) in [5, 5.41) is 7.64. The maximum Gasteiger partial charge on any atom is 0.573 e. The van der Waals surface area contributed by atoms with Crippen molar-refractivity contribution in [3.63, 3.8) is 0 Å². The van der Waals surface area contributed by atoms with Gasteiger partial charge in [-0.3, -0.25) is 9.69 Å². The second-order valence-electron chi connectivity index (χ2n) is 11.3. The van der Waals surface area contributed by atoms with Gasteiger partial charge >= 0.3 is 12.4 Å². The van der Waals surface area contributed by atoms with Crippen LogP contribution in [0.25, 0.3) is 27.3 Å². The Morgan fingerprint density at radius 2 is 1.83 bits per heavy atom. The molecule has 0 radical (unpaired) electrons. The molecule has 3 amide bonds. The molecule has 264 valence electrons. The number of aromatic nitrogens is 4. The predicted octanol–water partition coefficient (Wildman–Crippen LogP) is 8.27.